The lowest BCUT2D eigenvalue weighted by atomic mass is 10.0. The molecule has 0 spiro atoms. The van der Waals surface area contributed by atoms with Crippen LogP contribution in [0.25, 0.3) is 0 Å². The van der Waals surface area contributed by atoms with Crippen LogP contribution in [0.15, 0.2) is 15.3 Å². The molecule has 8 nitrogen and oxygen atoms in total. The first-order valence-electron chi connectivity index (χ1n) is 8.18. The highest BCUT2D eigenvalue weighted by Gasteiger charge is 2.18. The Labute approximate surface area is 140 Å². The molecule has 2 heterocycles. The van der Waals surface area contributed by atoms with Gasteiger partial charge in [0.25, 0.3) is 5.91 Å². The second kappa shape index (κ2) is 8.37. The average molecular weight is 333 g/mol. The number of hydrogen-bond acceptors (Lipinski definition) is 6. The van der Waals surface area contributed by atoms with Gasteiger partial charge < -0.3 is 9.73 Å². The predicted octanol–water partition coefficient (Wildman–Crippen LogP) is 1.73. The zero-order chi connectivity index (χ0) is 17.5. The lowest BCUT2D eigenvalue weighted by Gasteiger charge is -2.11. The second-order valence-electron chi connectivity index (χ2n) is 5.87. The highest BCUT2D eigenvalue weighted by atomic mass is 16.4. The summed E-state index contributed by atoms with van der Waals surface area (Å²) in [6.07, 6.45) is 3.19. The van der Waals surface area contributed by atoms with Gasteiger partial charge in [0.05, 0.1) is 0 Å². The number of hydrogen-bond donors (Lipinski definition) is 2. The molecule has 2 aromatic heterocycles. The van der Waals surface area contributed by atoms with Crippen LogP contribution >= 0.6 is 0 Å². The van der Waals surface area contributed by atoms with Gasteiger partial charge in [-0.1, -0.05) is 25.5 Å². The Kier molecular flexibility index (Phi) is 6.22. The fourth-order valence-corrected chi connectivity index (χ4v) is 2.55. The van der Waals surface area contributed by atoms with E-state index in [4.69, 9.17) is 4.42 Å². The maximum atomic E-state index is 12.2. The number of nitrogens with zero attached hydrogens (tertiary/aromatic N) is 3. The normalized spacial score (nSPS) is 12.1. The summed E-state index contributed by atoms with van der Waals surface area (Å²) < 4.78 is 5.34. The van der Waals surface area contributed by atoms with E-state index < -0.39 is 11.5 Å². The van der Waals surface area contributed by atoms with Crippen molar-refractivity contribution in [2.24, 2.45) is 0 Å². The summed E-state index contributed by atoms with van der Waals surface area (Å²) in [6, 6.07) is 1.79. The van der Waals surface area contributed by atoms with Gasteiger partial charge in [0, 0.05) is 18.9 Å². The SMILES string of the molecule is CCCC(C)c1cc(C)c(C(=O)NCCCc2nn[nH]n2)c(=O)o1. The number of carbonyl (C=O) groups is 1. The number of aromatic nitrogens is 4. The minimum absolute atomic E-state index is 0.0713. The first kappa shape index (κ1) is 17.8. The number of nitrogens with one attached hydrogen (secondary N) is 2. The van der Waals surface area contributed by atoms with E-state index in [9.17, 15) is 9.59 Å². The van der Waals surface area contributed by atoms with E-state index in [0.29, 0.717) is 36.5 Å². The second-order valence-corrected chi connectivity index (χ2v) is 5.87. The van der Waals surface area contributed by atoms with Crippen LogP contribution in [0, 0.1) is 6.92 Å². The maximum absolute atomic E-state index is 12.2. The number of aryl methyl sites for hydroxylation is 2. The van der Waals surface area contributed by atoms with Crippen molar-refractivity contribution < 1.29 is 9.21 Å². The molecule has 8 heteroatoms. The average Bonchev–Trinajstić information content (AvgIpc) is 3.04. The molecule has 0 aliphatic rings. The van der Waals surface area contributed by atoms with Crippen LogP contribution in [0.2, 0.25) is 0 Å². The zero-order valence-electron chi connectivity index (χ0n) is 14.3. The number of aromatic amines is 1. The third-order valence-corrected chi connectivity index (χ3v) is 3.85. The molecule has 2 rings (SSSR count). The van der Waals surface area contributed by atoms with Crippen LogP contribution in [-0.4, -0.2) is 33.1 Å². The number of rotatable bonds is 8. The Bertz CT molecular complexity index is 724. The van der Waals surface area contributed by atoms with Crippen LogP contribution in [0.4, 0.5) is 0 Å². The van der Waals surface area contributed by atoms with E-state index in [1.54, 1.807) is 13.0 Å². The van der Waals surface area contributed by atoms with Crippen molar-refractivity contribution in [3.8, 4) is 0 Å². The van der Waals surface area contributed by atoms with Crippen LogP contribution in [-0.2, 0) is 6.42 Å². The van der Waals surface area contributed by atoms with Gasteiger partial charge in [-0.05, 0) is 31.4 Å². The summed E-state index contributed by atoms with van der Waals surface area (Å²) in [5.74, 6) is 0.972. The van der Waals surface area contributed by atoms with E-state index >= 15 is 0 Å². The molecule has 0 fully saturated rings. The van der Waals surface area contributed by atoms with Gasteiger partial charge in [-0.2, -0.15) is 5.21 Å². The van der Waals surface area contributed by atoms with Crippen molar-refractivity contribution in [2.75, 3.05) is 6.54 Å². The van der Waals surface area contributed by atoms with E-state index in [0.717, 1.165) is 12.8 Å². The number of carbonyl (C=O) groups excluding carboxylic acids is 1. The number of H-pyrrole nitrogens is 1. The van der Waals surface area contributed by atoms with E-state index in [2.05, 4.69) is 32.9 Å². The largest absolute Gasteiger partial charge is 0.427 e. The van der Waals surface area contributed by atoms with Crippen molar-refractivity contribution in [3.05, 3.63) is 39.2 Å². The van der Waals surface area contributed by atoms with Gasteiger partial charge in [-0.25, -0.2) is 4.79 Å². The zero-order valence-corrected chi connectivity index (χ0v) is 14.3. The van der Waals surface area contributed by atoms with Crippen LogP contribution in [0.5, 0.6) is 0 Å². The third-order valence-electron chi connectivity index (χ3n) is 3.85. The van der Waals surface area contributed by atoms with Crippen molar-refractivity contribution in [3.63, 3.8) is 0 Å². The standard InChI is InChI=1S/C16H23N5O3/c1-4-6-10(2)12-9-11(3)14(16(23)24-12)15(22)17-8-5-7-13-18-20-21-19-13/h9-10H,4-8H2,1-3H3,(H,17,22)(H,18,19,20,21). The van der Waals surface area contributed by atoms with E-state index in [1.807, 2.05) is 6.92 Å². The minimum atomic E-state index is -0.580. The molecule has 130 valence electrons. The van der Waals surface area contributed by atoms with E-state index in [1.165, 1.54) is 0 Å². The Morgan fingerprint density at radius 2 is 2.25 bits per heavy atom. The number of tetrazole rings is 1. The maximum Gasteiger partial charge on any atom is 0.349 e. The van der Waals surface area contributed by atoms with Gasteiger partial charge in [0.15, 0.2) is 5.82 Å². The van der Waals surface area contributed by atoms with Crippen molar-refractivity contribution in [1.82, 2.24) is 25.9 Å². The Morgan fingerprint density at radius 3 is 2.88 bits per heavy atom. The molecule has 0 saturated heterocycles. The summed E-state index contributed by atoms with van der Waals surface area (Å²) in [4.78, 5) is 24.4. The van der Waals surface area contributed by atoms with Crippen molar-refractivity contribution >= 4 is 5.91 Å². The molecule has 0 bridgehead atoms. The molecular weight excluding hydrogens is 310 g/mol. The highest BCUT2D eigenvalue weighted by molar-refractivity contribution is 5.95. The smallest absolute Gasteiger partial charge is 0.349 e. The van der Waals surface area contributed by atoms with Gasteiger partial charge in [-0.15, -0.1) is 10.2 Å². The lowest BCUT2D eigenvalue weighted by Crippen LogP contribution is -2.30. The van der Waals surface area contributed by atoms with Crippen molar-refractivity contribution in [1.29, 1.82) is 0 Å². The van der Waals surface area contributed by atoms with Crippen LogP contribution in [0.1, 0.15) is 66.5 Å². The van der Waals surface area contributed by atoms with Gasteiger partial charge in [0.1, 0.15) is 11.3 Å². The Hall–Kier alpha value is -2.51. The molecule has 0 aromatic carbocycles. The molecule has 0 aliphatic carbocycles. The van der Waals surface area contributed by atoms with Crippen LogP contribution in [0.3, 0.4) is 0 Å². The fourth-order valence-electron chi connectivity index (χ4n) is 2.55. The quantitative estimate of drug-likeness (QED) is 0.711. The molecule has 1 atom stereocenters. The predicted molar refractivity (Wildman–Crippen MR) is 87.9 cm³/mol. The molecular formula is C16H23N5O3. The summed E-state index contributed by atoms with van der Waals surface area (Å²) in [6.45, 7) is 6.27. The third kappa shape index (κ3) is 4.50. The monoisotopic (exact) mass is 333 g/mol. The molecule has 1 amide bonds. The minimum Gasteiger partial charge on any atom is -0.427 e. The summed E-state index contributed by atoms with van der Waals surface area (Å²) >= 11 is 0. The highest BCUT2D eigenvalue weighted by Crippen LogP contribution is 2.21. The first-order chi connectivity index (χ1) is 11.5. The molecule has 1 unspecified atom stereocenters. The fraction of sp³-hybridized carbons (Fsp3) is 0.562. The molecule has 24 heavy (non-hydrogen) atoms. The topological polar surface area (TPSA) is 114 Å². The summed E-state index contributed by atoms with van der Waals surface area (Å²) in [5.41, 5.74) is 0.130. The molecule has 0 radical (unpaired) electrons. The molecule has 0 saturated carbocycles. The van der Waals surface area contributed by atoms with Crippen LogP contribution < -0.4 is 10.9 Å². The lowest BCUT2D eigenvalue weighted by molar-refractivity contribution is 0.0948. The van der Waals surface area contributed by atoms with Gasteiger partial charge >= 0.3 is 5.63 Å². The molecule has 0 aliphatic heterocycles. The molecule has 2 N–H and O–H groups in total. The van der Waals surface area contributed by atoms with E-state index in [-0.39, 0.29) is 11.5 Å². The Balaban J connectivity index is 1.97. The number of amides is 1. The van der Waals surface area contributed by atoms with Gasteiger partial charge in [-0.3, -0.25) is 4.79 Å². The Morgan fingerprint density at radius 1 is 1.46 bits per heavy atom. The van der Waals surface area contributed by atoms with Crippen molar-refractivity contribution in [2.45, 2.75) is 52.4 Å². The van der Waals surface area contributed by atoms with Gasteiger partial charge in [0.2, 0.25) is 0 Å². The summed E-state index contributed by atoms with van der Waals surface area (Å²) in [7, 11) is 0. The summed E-state index contributed by atoms with van der Waals surface area (Å²) in [5, 5.41) is 16.2. The first-order valence-corrected chi connectivity index (χ1v) is 8.18. The molecule has 2 aromatic rings.